The van der Waals surface area contributed by atoms with Crippen molar-refractivity contribution in [1.29, 1.82) is 0 Å². The largest absolute Gasteiger partial charge is 0.333 e. The molecule has 0 saturated heterocycles. The van der Waals surface area contributed by atoms with Crippen LogP contribution >= 0.6 is 11.3 Å². The van der Waals surface area contributed by atoms with Gasteiger partial charge in [0.05, 0.1) is 6.54 Å². The summed E-state index contributed by atoms with van der Waals surface area (Å²) in [5.74, 6) is 0.461. The molecular formula is C18H22N2OS. The van der Waals surface area contributed by atoms with Crippen molar-refractivity contribution in [3.63, 3.8) is 0 Å². The average Bonchev–Trinajstić information content (AvgIpc) is 2.92. The van der Waals surface area contributed by atoms with Crippen LogP contribution in [0, 0.1) is 18.3 Å². The van der Waals surface area contributed by atoms with E-state index in [9.17, 15) is 4.79 Å². The lowest BCUT2D eigenvalue weighted by atomic mass is 10.1. The fourth-order valence-corrected chi connectivity index (χ4v) is 3.69. The van der Waals surface area contributed by atoms with Crippen LogP contribution in [0.15, 0.2) is 36.7 Å². The lowest BCUT2D eigenvalue weighted by Gasteiger charge is -2.23. The first-order chi connectivity index (χ1) is 10.5. The molecule has 0 radical (unpaired) electrons. The molecule has 0 aromatic carbocycles. The Balaban J connectivity index is 1.77. The number of carbonyl (C=O) groups excluding carboxylic acids is 1. The molecule has 116 valence electrons. The maximum absolute atomic E-state index is 12.9. The lowest BCUT2D eigenvalue weighted by molar-refractivity contribution is -0.134. The zero-order valence-electron chi connectivity index (χ0n) is 13.4. The van der Waals surface area contributed by atoms with Crippen LogP contribution in [0.4, 0.5) is 0 Å². The Kier molecular flexibility index (Phi) is 4.04. The smallest absolute Gasteiger partial charge is 0.226 e. The second-order valence-corrected chi connectivity index (χ2v) is 8.18. The van der Waals surface area contributed by atoms with Crippen molar-refractivity contribution >= 4 is 17.2 Å². The fourth-order valence-electron chi connectivity index (χ4n) is 2.79. The van der Waals surface area contributed by atoms with Crippen molar-refractivity contribution in [3.05, 3.63) is 52.0 Å². The quantitative estimate of drug-likeness (QED) is 0.835. The maximum Gasteiger partial charge on any atom is 0.226 e. The lowest BCUT2D eigenvalue weighted by Crippen LogP contribution is -2.32. The van der Waals surface area contributed by atoms with Gasteiger partial charge in [-0.1, -0.05) is 13.8 Å². The second kappa shape index (κ2) is 5.84. The van der Waals surface area contributed by atoms with Crippen molar-refractivity contribution < 1.29 is 4.79 Å². The third-order valence-corrected chi connectivity index (χ3v) is 5.37. The molecule has 22 heavy (non-hydrogen) atoms. The van der Waals surface area contributed by atoms with Crippen LogP contribution in [0.25, 0.3) is 0 Å². The van der Waals surface area contributed by atoms with Gasteiger partial charge in [-0.25, -0.2) is 0 Å². The van der Waals surface area contributed by atoms with Crippen molar-refractivity contribution in [2.24, 2.45) is 11.3 Å². The van der Waals surface area contributed by atoms with Gasteiger partial charge in [0, 0.05) is 34.6 Å². The number of carbonyl (C=O) groups is 1. The molecule has 0 spiro atoms. The Morgan fingerprint density at radius 3 is 2.50 bits per heavy atom. The Morgan fingerprint density at radius 1 is 1.27 bits per heavy atom. The Bertz CT molecular complexity index is 663. The van der Waals surface area contributed by atoms with Crippen LogP contribution < -0.4 is 0 Å². The molecule has 3 nitrogen and oxygen atoms in total. The Hall–Kier alpha value is -1.68. The van der Waals surface area contributed by atoms with E-state index in [4.69, 9.17) is 0 Å². The number of nitrogens with zero attached hydrogens (tertiary/aromatic N) is 2. The highest BCUT2D eigenvalue weighted by molar-refractivity contribution is 7.11. The van der Waals surface area contributed by atoms with Crippen LogP contribution in [-0.4, -0.2) is 15.8 Å². The second-order valence-electron chi connectivity index (χ2n) is 6.81. The summed E-state index contributed by atoms with van der Waals surface area (Å²) < 4.78 is 0. The number of thiophene rings is 1. The van der Waals surface area contributed by atoms with Gasteiger partial charge in [-0.3, -0.25) is 9.78 Å². The van der Waals surface area contributed by atoms with Gasteiger partial charge in [0.1, 0.15) is 0 Å². The fraction of sp³-hybridized carbons (Fsp3) is 0.444. The van der Waals surface area contributed by atoms with Crippen molar-refractivity contribution in [2.75, 3.05) is 0 Å². The number of aryl methyl sites for hydroxylation is 1. The van der Waals surface area contributed by atoms with E-state index in [-0.39, 0.29) is 17.2 Å². The summed E-state index contributed by atoms with van der Waals surface area (Å²) in [6.07, 6.45) is 4.57. The predicted octanol–water partition coefficient (Wildman–Crippen LogP) is 4.03. The zero-order chi connectivity index (χ0) is 15.7. The molecule has 1 atom stereocenters. The molecule has 1 aliphatic rings. The Labute approximate surface area is 136 Å². The normalized spacial score (nSPS) is 19.0. The molecule has 1 amide bonds. The predicted molar refractivity (Wildman–Crippen MR) is 89.4 cm³/mol. The van der Waals surface area contributed by atoms with Crippen molar-refractivity contribution in [2.45, 2.75) is 40.3 Å². The number of aromatic nitrogens is 1. The summed E-state index contributed by atoms with van der Waals surface area (Å²) in [7, 11) is 0. The Morgan fingerprint density at radius 2 is 1.95 bits per heavy atom. The number of pyridine rings is 1. The van der Waals surface area contributed by atoms with Gasteiger partial charge in [-0.2, -0.15) is 0 Å². The van der Waals surface area contributed by atoms with Crippen LogP contribution in [0.5, 0.6) is 0 Å². The molecule has 0 aliphatic heterocycles. The average molecular weight is 314 g/mol. The highest BCUT2D eigenvalue weighted by Crippen LogP contribution is 2.52. The first kappa shape index (κ1) is 15.2. The van der Waals surface area contributed by atoms with E-state index < -0.39 is 0 Å². The van der Waals surface area contributed by atoms with Gasteiger partial charge in [-0.15, -0.1) is 11.3 Å². The number of hydrogen-bond acceptors (Lipinski definition) is 3. The molecular weight excluding hydrogens is 292 g/mol. The first-order valence-corrected chi connectivity index (χ1v) is 8.50. The molecule has 2 aromatic rings. The standard InChI is InChI=1S/C18H22N2OS/c1-13-4-5-15(22-13)12-20(11-14-6-8-19-9-7-14)17(21)16-10-18(16,2)3/h4-9,16H,10-12H2,1-3H3/t16-/m1/s1. The minimum atomic E-state index is 0.166. The molecule has 3 rings (SSSR count). The van der Waals surface area contributed by atoms with E-state index in [1.807, 2.05) is 17.0 Å². The van der Waals surface area contributed by atoms with Crippen molar-refractivity contribution in [3.8, 4) is 0 Å². The molecule has 0 unspecified atom stereocenters. The van der Waals surface area contributed by atoms with Crippen molar-refractivity contribution in [1.82, 2.24) is 9.88 Å². The molecule has 4 heteroatoms. The highest BCUT2D eigenvalue weighted by atomic mass is 32.1. The topological polar surface area (TPSA) is 33.2 Å². The number of amides is 1. The van der Waals surface area contributed by atoms with Crippen LogP contribution in [-0.2, 0) is 17.9 Å². The van der Waals surface area contributed by atoms with Gasteiger partial charge in [0.2, 0.25) is 5.91 Å². The number of hydrogen-bond donors (Lipinski definition) is 0. The van der Waals surface area contributed by atoms with Gasteiger partial charge in [0.15, 0.2) is 0 Å². The molecule has 2 aromatic heterocycles. The van der Waals surface area contributed by atoms with Crippen LogP contribution in [0.1, 0.15) is 35.6 Å². The third kappa shape index (κ3) is 3.38. The molecule has 0 bridgehead atoms. The highest BCUT2D eigenvalue weighted by Gasteiger charge is 2.51. The van der Waals surface area contributed by atoms with Gasteiger partial charge >= 0.3 is 0 Å². The maximum atomic E-state index is 12.9. The van der Waals surface area contributed by atoms with Gasteiger partial charge in [-0.05, 0) is 48.6 Å². The number of rotatable bonds is 5. The summed E-state index contributed by atoms with van der Waals surface area (Å²) in [5.41, 5.74) is 1.30. The molecule has 1 aliphatic carbocycles. The first-order valence-electron chi connectivity index (χ1n) is 7.69. The summed E-state index contributed by atoms with van der Waals surface area (Å²) >= 11 is 1.77. The van der Waals surface area contributed by atoms with E-state index in [0.29, 0.717) is 13.1 Å². The molecule has 1 saturated carbocycles. The summed E-state index contributed by atoms with van der Waals surface area (Å²) in [6, 6.07) is 8.22. The minimum absolute atomic E-state index is 0.166. The summed E-state index contributed by atoms with van der Waals surface area (Å²) in [6.45, 7) is 7.81. The van der Waals surface area contributed by atoms with Gasteiger partial charge in [0.25, 0.3) is 0 Å². The van der Waals surface area contributed by atoms with E-state index >= 15 is 0 Å². The van der Waals surface area contributed by atoms with Crippen LogP contribution in [0.3, 0.4) is 0 Å². The molecule has 0 N–H and O–H groups in total. The van der Waals surface area contributed by atoms with Crippen LogP contribution in [0.2, 0.25) is 0 Å². The third-order valence-electron chi connectivity index (χ3n) is 4.39. The monoisotopic (exact) mass is 314 g/mol. The SMILES string of the molecule is Cc1ccc(CN(Cc2ccncc2)C(=O)[C@H]2CC2(C)C)s1. The van der Waals surface area contributed by atoms with E-state index in [1.54, 1.807) is 23.7 Å². The zero-order valence-corrected chi connectivity index (χ0v) is 14.2. The molecule has 2 heterocycles. The minimum Gasteiger partial charge on any atom is -0.333 e. The van der Waals surface area contributed by atoms with E-state index in [0.717, 1.165) is 12.0 Å². The summed E-state index contributed by atoms with van der Waals surface area (Å²) in [5, 5.41) is 0. The van der Waals surface area contributed by atoms with Gasteiger partial charge < -0.3 is 4.90 Å². The molecule has 1 fully saturated rings. The van der Waals surface area contributed by atoms with E-state index in [2.05, 4.69) is 37.9 Å². The van der Waals surface area contributed by atoms with E-state index in [1.165, 1.54) is 9.75 Å². The summed E-state index contributed by atoms with van der Waals surface area (Å²) in [4.78, 5) is 21.4.